The SMILES string of the molecule is CS(=O)(=O)O.Cc1c(N2CCN(c3ccc(Cl)cc3Cl)CC2)c(C(F)(F)F)cn2ccnc12. The minimum atomic E-state index is -4.45. The van der Waals surface area contributed by atoms with Gasteiger partial charge in [0.05, 0.1) is 28.2 Å². The number of imidazole rings is 1. The van der Waals surface area contributed by atoms with Gasteiger partial charge in [-0.2, -0.15) is 21.6 Å². The van der Waals surface area contributed by atoms with Gasteiger partial charge in [0.1, 0.15) is 5.65 Å². The minimum absolute atomic E-state index is 0.202. The second-order valence-corrected chi connectivity index (χ2v) is 9.78. The predicted molar refractivity (Wildman–Crippen MR) is 123 cm³/mol. The van der Waals surface area contributed by atoms with Crippen molar-refractivity contribution in [3.05, 3.63) is 58.0 Å². The molecule has 1 fully saturated rings. The molecular weight excluding hydrogens is 504 g/mol. The molecule has 33 heavy (non-hydrogen) atoms. The number of hydrogen-bond acceptors (Lipinski definition) is 5. The van der Waals surface area contributed by atoms with E-state index in [-0.39, 0.29) is 5.69 Å². The molecule has 0 atom stereocenters. The lowest BCUT2D eigenvalue weighted by Gasteiger charge is -2.39. The van der Waals surface area contributed by atoms with Gasteiger partial charge in [0, 0.05) is 55.4 Å². The molecule has 2 aromatic heterocycles. The van der Waals surface area contributed by atoms with Crippen LogP contribution in [0.5, 0.6) is 0 Å². The predicted octanol–water partition coefficient (Wildman–Crippen LogP) is 4.80. The molecule has 7 nitrogen and oxygen atoms in total. The highest BCUT2D eigenvalue weighted by atomic mass is 35.5. The first-order valence-corrected chi connectivity index (χ1v) is 12.3. The van der Waals surface area contributed by atoms with Gasteiger partial charge < -0.3 is 14.2 Å². The van der Waals surface area contributed by atoms with E-state index >= 15 is 0 Å². The molecule has 13 heteroatoms. The number of alkyl halides is 3. The van der Waals surface area contributed by atoms with Crippen LogP contribution < -0.4 is 9.80 Å². The molecule has 1 aromatic carbocycles. The van der Waals surface area contributed by atoms with Crippen LogP contribution in [0.3, 0.4) is 0 Å². The van der Waals surface area contributed by atoms with Gasteiger partial charge in [-0.25, -0.2) is 4.98 Å². The molecular formula is C20H21Cl2F3N4O3S. The normalized spacial score (nSPS) is 14.9. The minimum Gasteiger partial charge on any atom is -0.367 e. The summed E-state index contributed by atoms with van der Waals surface area (Å²) >= 11 is 12.2. The van der Waals surface area contributed by atoms with Gasteiger partial charge in [0.2, 0.25) is 0 Å². The number of piperazine rings is 1. The summed E-state index contributed by atoms with van der Waals surface area (Å²) in [5.74, 6) is 0. The Morgan fingerprint density at radius 2 is 1.67 bits per heavy atom. The fraction of sp³-hybridized carbons (Fsp3) is 0.350. The van der Waals surface area contributed by atoms with Crippen molar-refractivity contribution >= 4 is 50.3 Å². The van der Waals surface area contributed by atoms with E-state index in [1.807, 2.05) is 6.07 Å². The maximum Gasteiger partial charge on any atom is 0.419 e. The highest BCUT2D eigenvalue weighted by Crippen LogP contribution is 2.40. The monoisotopic (exact) mass is 524 g/mol. The molecule has 4 rings (SSSR count). The molecule has 0 saturated carbocycles. The Bertz CT molecular complexity index is 1250. The van der Waals surface area contributed by atoms with Crippen LogP contribution in [0.4, 0.5) is 24.5 Å². The molecule has 3 aromatic rings. The molecule has 1 N–H and O–H groups in total. The first-order valence-electron chi connectivity index (χ1n) is 9.66. The van der Waals surface area contributed by atoms with Crippen molar-refractivity contribution in [2.45, 2.75) is 13.1 Å². The highest BCUT2D eigenvalue weighted by Gasteiger charge is 2.37. The fourth-order valence-electron chi connectivity index (χ4n) is 3.74. The molecule has 0 radical (unpaired) electrons. The number of halogens is 5. The van der Waals surface area contributed by atoms with Gasteiger partial charge in [-0.05, 0) is 25.1 Å². The van der Waals surface area contributed by atoms with Crippen molar-refractivity contribution in [2.24, 2.45) is 0 Å². The van der Waals surface area contributed by atoms with Gasteiger partial charge in [0.25, 0.3) is 10.1 Å². The summed E-state index contributed by atoms with van der Waals surface area (Å²) in [4.78, 5) is 8.05. The van der Waals surface area contributed by atoms with Gasteiger partial charge >= 0.3 is 6.18 Å². The molecule has 1 aliphatic heterocycles. The summed E-state index contributed by atoms with van der Waals surface area (Å²) in [7, 11) is -3.67. The van der Waals surface area contributed by atoms with Crippen molar-refractivity contribution in [3.8, 4) is 0 Å². The van der Waals surface area contributed by atoms with E-state index in [1.165, 1.54) is 16.8 Å². The van der Waals surface area contributed by atoms with Gasteiger partial charge in [0.15, 0.2) is 0 Å². The third kappa shape index (κ3) is 6.23. The molecule has 1 saturated heterocycles. The number of hydrogen-bond donors (Lipinski definition) is 1. The Morgan fingerprint density at radius 1 is 1.09 bits per heavy atom. The Morgan fingerprint density at radius 3 is 2.21 bits per heavy atom. The molecule has 180 valence electrons. The van der Waals surface area contributed by atoms with Crippen molar-refractivity contribution in [3.63, 3.8) is 0 Å². The zero-order chi connectivity index (χ0) is 24.6. The maximum atomic E-state index is 13.7. The molecule has 1 aliphatic rings. The van der Waals surface area contributed by atoms with Crippen LogP contribution >= 0.6 is 23.2 Å². The number of pyridine rings is 1. The van der Waals surface area contributed by atoms with Gasteiger partial charge in [-0.15, -0.1) is 0 Å². The molecule has 0 spiro atoms. The van der Waals surface area contributed by atoms with Crippen LogP contribution in [-0.4, -0.2) is 54.8 Å². The molecule has 0 aliphatic carbocycles. The lowest BCUT2D eigenvalue weighted by molar-refractivity contribution is -0.137. The summed E-state index contributed by atoms with van der Waals surface area (Å²) in [6.45, 7) is 3.68. The Balaban J connectivity index is 0.000000555. The Kier molecular flexibility index (Phi) is 7.37. The van der Waals surface area contributed by atoms with Crippen LogP contribution in [-0.2, 0) is 16.3 Å². The first kappa shape index (κ1) is 25.4. The van der Waals surface area contributed by atoms with Crippen molar-refractivity contribution in [1.82, 2.24) is 9.38 Å². The van der Waals surface area contributed by atoms with E-state index in [0.717, 1.165) is 11.9 Å². The Hall–Kier alpha value is -2.21. The summed E-state index contributed by atoms with van der Waals surface area (Å²) in [6, 6.07) is 5.26. The first-order chi connectivity index (χ1) is 15.3. The van der Waals surface area contributed by atoms with Crippen LogP contribution in [0.15, 0.2) is 36.8 Å². The summed E-state index contributed by atoms with van der Waals surface area (Å²) in [5, 5.41) is 1.08. The fourth-order valence-corrected chi connectivity index (χ4v) is 4.27. The standard InChI is InChI=1S/C19H17Cl2F3N4.CH4O3S/c1-12-17(14(19(22,23)24)11-28-5-4-25-18(12)28)27-8-6-26(7-9-27)16-3-2-13(20)10-15(16)21;1-5(2,3)4/h2-5,10-11H,6-9H2,1H3;1H3,(H,2,3,4). The quantitative estimate of drug-likeness (QED) is 0.485. The Labute approximate surface area is 199 Å². The van der Waals surface area contributed by atoms with Gasteiger partial charge in [-0.3, -0.25) is 4.55 Å². The number of aryl methyl sites for hydroxylation is 1. The highest BCUT2D eigenvalue weighted by molar-refractivity contribution is 7.85. The van der Waals surface area contributed by atoms with Crippen molar-refractivity contribution in [2.75, 3.05) is 42.2 Å². The second kappa shape index (κ2) is 9.57. The summed E-state index contributed by atoms with van der Waals surface area (Å²) in [6.07, 6.45) is 0.420. The zero-order valence-corrected chi connectivity index (χ0v) is 20.0. The van der Waals surface area contributed by atoms with Crippen LogP contribution in [0.1, 0.15) is 11.1 Å². The lowest BCUT2D eigenvalue weighted by Crippen LogP contribution is -2.47. The average molecular weight is 525 g/mol. The molecule has 0 bridgehead atoms. The zero-order valence-electron chi connectivity index (χ0n) is 17.6. The second-order valence-electron chi connectivity index (χ2n) is 7.48. The number of anilines is 2. The van der Waals surface area contributed by atoms with E-state index in [4.69, 9.17) is 27.8 Å². The molecule has 0 amide bonds. The third-order valence-corrected chi connectivity index (χ3v) is 5.57. The van der Waals surface area contributed by atoms with Crippen LogP contribution in [0.25, 0.3) is 5.65 Å². The van der Waals surface area contributed by atoms with E-state index in [9.17, 15) is 21.6 Å². The van der Waals surface area contributed by atoms with E-state index in [2.05, 4.69) is 9.88 Å². The van der Waals surface area contributed by atoms with Crippen molar-refractivity contribution < 1.29 is 26.1 Å². The number of fused-ring (bicyclic) bond motifs is 1. The number of benzene rings is 1. The average Bonchev–Trinajstić information content (AvgIpc) is 3.15. The molecule has 3 heterocycles. The molecule has 0 unspecified atom stereocenters. The number of rotatable bonds is 2. The van der Waals surface area contributed by atoms with Crippen LogP contribution in [0, 0.1) is 6.92 Å². The third-order valence-electron chi connectivity index (χ3n) is 5.03. The van der Waals surface area contributed by atoms with Gasteiger partial charge in [-0.1, -0.05) is 23.2 Å². The number of nitrogens with zero attached hydrogens (tertiary/aromatic N) is 4. The maximum absolute atomic E-state index is 13.7. The summed E-state index contributed by atoms with van der Waals surface area (Å²) in [5.41, 5.74) is 1.45. The van der Waals surface area contributed by atoms with E-state index in [1.54, 1.807) is 24.0 Å². The lowest BCUT2D eigenvalue weighted by atomic mass is 10.1. The smallest absolute Gasteiger partial charge is 0.367 e. The summed E-state index contributed by atoms with van der Waals surface area (Å²) < 4.78 is 68.5. The van der Waals surface area contributed by atoms with E-state index < -0.39 is 21.9 Å². The largest absolute Gasteiger partial charge is 0.419 e. The van der Waals surface area contributed by atoms with Crippen LogP contribution in [0.2, 0.25) is 10.0 Å². The van der Waals surface area contributed by atoms with Crippen molar-refractivity contribution in [1.29, 1.82) is 0 Å². The number of aromatic nitrogens is 2. The van der Waals surface area contributed by atoms with E-state index in [0.29, 0.717) is 53.7 Å². The topological polar surface area (TPSA) is 78.2 Å².